The van der Waals surface area contributed by atoms with Crippen LogP contribution in [0.4, 0.5) is 11.6 Å². The fourth-order valence-electron chi connectivity index (χ4n) is 3.13. The molecular formula is C17H20N6. The molecule has 0 spiro atoms. The second-order valence-corrected chi connectivity index (χ2v) is 6.12. The van der Waals surface area contributed by atoms with E-state index in [9.17, 15) is 0 Å². The summed E-state index contributed by atoms with van der Waals surface area (Å²) >= 11 is 0. The van der Waals surface area contributed by atoms with Gasteiger partial charge in [0.25, 0.3) is 0 Å². The molecule has 3 aromatic rings. The zero-order chi connectivity index (χ0) is 16.2. The maximum Gasteiger partial charge on any atom is 0.238 e. The van der Waals surface area contributed by atoms with E-state index in [1.54, 1.807) is 10.7 Å². The van der Waals surface area contributed by atoms with Gasteiger partial charge in [-0.05, 0) is 38.5 Å². The lowest BCUT2D eigenvalue weighted by molar-refractivity contribution is 0.605. The highest BCUT2D eigenvalue weighted by Crippen LogP contribution is 2.42. The Kier molecular flexibility index (Phi) is 2.78. The van der Waals surface area contributed by atoms with Gasteiger partial charge < -0.3 is 5.73 Å². The molecule has 118 valence electrons. The first-order chi connectivity index (χ1) is 11.0. The molecule has 0 amide bonds. The summed E-state index contributed by atoms with van der Waals surface area (Å²) in [6, 6.07) is 6.04. The van der Waals surface area contributed by atoms with Crippen molar-refractivity contribution in [3.63, 3.8) is 0 Å². The van der Waals surface area contributed by atoms with E-state index < -0.39 is 0 Å². The molecule has 0 radical (unpaired) electrons. The van der Waals surface area contributed by atoms with Crippen molar-refractivity contribution < 1.29 is 1.43 Å². The summed E-state index contributed by atoms with van der Waals surface area (Å²) in [7, 11) is 0. The number of nitrogens with two attached hydrogens (primary N) is 1. The number of nitrogens with zero attached hydrogens (tertiary/aromatic N) is 5. The van der Waals surface area contributed by atoms with Crippen molar-refractivity contribution in [2.75, 3.05) is 5.73 Å². The van der Waals surface area contributed by atoms with Crippen LogP contribution in [0.25, 0.3) is 16.8 Å². The molecule has 6 heteroatoms. The first-order valence-electron chi connectivity index (χ1n) is 7.70. The van der Waals surface area contributed by atoms with Gasteiger partial charge >= 0.3 is 0 Å². The molecule has 4 heterocycles. The van der Waals surface area contributed by atoms with Gasteiger partial charge in [-0.15, -0.1) is 5.10 Å². The summed E-state index contributed by atoms with van der Waals surface area (Å²) in [4.78, 5) is 13.7. The van der Waals surface area contributed by atoms with Crippen LogP contribution in [0.3, 0.4) is 0 Å². The standard InChI is InChI=1S/C17H18N6.H2/c1-4-17(3)10(2)20-13-6-5-12(21-15(13)17)11-7-8-23-14(11)9-19-16(18)22-23;/h5-9H,4H2,1-3H3,(H2,18,22);1H. The Hall–Kier alpha value is -2.76. The van der Waals surface area contributed by atoms with Gasteiger partial charge in [0.2, 0.25) is 5.95 Å². The molecule has 2 N–H and O–H groups in total. The number of aromatic nitrogens is 4. The van der Waals surface area contributed by atoms with Crippen LogP contribution in [0.15, 0.2) is 35.6 Å². The van der Waals surface area contributed by atoms with Gasteiger partial charge in [0, 0.05) is 24.3 Å². The van der Waals surface area contributed by atoms with E-state index in [1.807, 2.05) is 24.4 Å². The molecule has 0 aromatic carbocycles. The average Bonchev–Trinajstić information content (AvgIpc) is 3.07. The van der Waals surface area contributed by atoms with E-state index in [-0.39, 0.29) is 12.8 Å². The molecule has 0 fully saturated rings. The lowest BCUT2D eigenvalue weighted by Gasteiger charge is -2.23. The minimum atomic E-state index is -0.0954. The Morgan fingerprint density at radius 2 is 2.13 bits per heavy atom. The Bertz CT molecular complexity index is 961. The fourth-order valence-corrected chi connectivity index (χ4v) is 3.13. The maximum atomic E-state index is 5.64. The van der Waals surface area contributed by atoms with E-state index in [1.165, 1.54) is 0 Å². The third-order valence-corrected chi connectivity index (χ3v) is 4.90. The number of hydrogen-bond donors (Lipinski definition) is 1. The zero-order valence-electron chi connectivity index (χ0n) is 13.4. The first kappa shape index (κ1) is 13.9. The predicted octanol–water partition coefficient (Wildman–Crippen LogP) is 3.39. The summed E-state index contributed by atoms with van der Waals surface area (Å²) < 4.78 is 1.73. The zero-order valence-corrected chi connectivity index (χ0v) is 13.4. The van der Waals surface area contributed by atoms with Gasteiger partial charge in [-0.2, -0.15) is 0 Å². The highest BCUT2D eigenvalue weighted by molar-refractivity contribution is 5.99. The second-order valence-electron chi connectivity index (χ2n) is 6.12. The monoisotopic (exact) mass is 308 g/mol. The van der Waals surface area contributed by atoms with Gasteiger partial charge in [0.1, 0.15) is 0 Å². The number of rotatable bonds is 2. The predicted molar refractivity (Wildman–Crippen MR) is 93.2 cm³/mol. The molecule has 23 heavy (non-hydrogen) atoms. The lowest BCUT2D eigenvalue weighted by atomic mass is 9.81. The second kappa shape index (κ2) is 4.62. The summed E-state index contributed by atoms with van der Waals surface area (Å²) in [6.07, 6.45) is 4.58. The van der Waals surface area contributed by atoms with Crippen LogP contribution < -0.4 is 5.73 Å². The normalized spacial score (nSPS) is 19.9. The van der Waals surface area contributed by atoms with Crippen molar-refractivity contribution in [2.45, 2.75) is 32.6 Å². The lowest BCUT2D eigenvalue weighted by Crippen LogP contribution is -2.27. The van der Waals surface area contributed by atoms with Gasteiger partial charge in [-0.25, -0.2) is 14.5 Å². The van der Waals surface area contributed by atoms with Gasteiger partial charge in [0.15, 0.2) is 0 Å². The highest BCUT2D eigenvalue weighted by Gasteiger charge is 2.37. The first-order valence-corrected chi connectivity index (χ1v) is 7.70. The largest absolute Gasteiger partial charge is 0.367 e. The van der Waals surface area contributed by atoms with Crippen LogP contribution in [0, 0.1) is 0 Å². The SMILES string of the molecule is CCC1(C)C(C)=Nc2ccc(-c3ccn4nc(N)ncc34)nc21.[HH]. The van der Waals surface area contributed by atoms with Gasteiger partial charge in [0.05, 0.1) is 28.8 Å². The summed E-state index contributed by atoms with van der Waals surface area (Å²) in [5.74, 6) is 0.254. The molecule has 1 aliphatic heterocycles. The third-order valence-electron chi connectivity index (χ3n) is 4.90. The van der Waals surface area contributed by atoms with E-state index in [0.29, 0.717) is 0 Å². The Morgan fingerprint density at radius 1 is 1.30 bits per heavy atom. The fraction of sp³-hybridized carbons (Fsp3) is 0.294. The Balaban J connectivity index is 0.00000169. The van der Waals surface area contributed by atoms with Crippen LogP contribution in [0.5, 0.6) is 0 Å². The Morgan fingerprint density at radius 3 is 2.91 bits per heavy atom. The molecule has 4 rings (SSSR count). The van der Waals surface area contributed by atoms with Crippen LogP contribution in [-0.4, -0.2) is 25.3 Å². The van der Waals surface area contributed by atoms with Crippen LogP contribution >= 0.6 is 0 Å². The van der Waals surface area contributed by atoms with E-state index in [0.717, 1.165) is 40.3 Å². The Labute approximate surface area is 135 Å². The van der Waals surface area contributed by atoms with E-state index >= 15 is 0 Å². The number of hydrogen-bond acceptors (Lipinski definition) is 5. The topological polar surface area (TPSA) is 81.5 Å². The highest BCUT2D eigenvalue weighted by atomic mass is 15.3. The average molecular weight is 308 g/mol. The van der Waals surface area contributed by atoms with Crippen molar-refractivity contribution in [1.82, 2.24) is 19.6 Å². The third kappa shape index (κ3) is 1.87. The van der Waals surface area contributed by atoms with Crippen molar-refractivity contribution >= 4 is 22.9 Å². The molecule has 3 aromatic heterocycles. The maximum absolute atomic E-state index is 5.64. The van der Waals surface area contributed by atoms with Crippen molar-refractivity contribution in [1.29, 1.82) is 0 Å². The number of fused-ring (bicyclic) bond motifs is 2. The molecule has 0 aliphatic carbocycles. The van der Waals surface area contributed by atoms with E-state index in [4.69, 9.17) is 10.7 Å². The minimum absolute atomic E-state index is 0. The van der Waals surface area contributed by atoms with Gasteiger partial charge in [-0.1, -0.05) is 6.92 Å². The molecule has 0 saturated carbocycles. The van der Waals surface area contributed by atoms with Crippen LogP contribution in [0.1, 0.15) is 34.3 Å². The summed E-state index contributed by atoms with van der Waals surface area (Å²) in [6.45, 7) is 6.46. The summed E-state index contributed by atoms with van der Waals surface area (Å²) in [5.41, 5.74) is 11.5. The van der Waals surface area contributed by atoms with Crippen LogP contribution in [0.2, 0.25) is 0 Å². The molecule has 0 saturated heterocycles. The minimum Gasteiger partial charge on any atom is -0.367 e. The number of aliphatic imine (C=N–C) groups is 1. The smallest absolute Gasteiger partial charge is 0.238 e. The quantitative estimate of drug-likeness (QED) is 0.786. The summed E-state index contributed by atoms with van der Waals surface area (Å²) in [5, 5.41) is 4.18. The van der Waals surface area contributed by atoms with Crippen molar-refractivity contribution in [2.24, 2.45) is 4.99 Å². The van der Waals surface area contributed by atoms with E-state index in [2.05, 4.69) is 35.8 Å². The number of anilines is 1. The molecule has 0 bridgehead atoms. The molecular weight excluding hydrogens is 288 g/mol. The number of pyridine rings is 1. The molecule has 1 atom stereocenters. The van der Waals surface area contributed by atoms with Gasteiger partial charge in [-0.3, -0.25) is 4.99 Å². The molecule has 1 aliphatic rings. The molecule has 1 unspecified atom stereocenters. The van der Waals surface area contributed by atoms with Crippen LogP contribution in [-0.2, 0) is 5.41 Å². The number of nitrogen functional groups attached to an aromatic ring is 1. The molecule has 6 nitrogen and oxygen atoms in total. The van der Waals surface area contributed by atoms with Crippen molar-refractivity contribution in [3.05, 3.63) is 36.3 Å². The van der Waals surface area contributed by atoms with Crippen molar-refractivity contribution in [3.8, 4) is 11.3 Å².